The maximum atomic E-state index is 15.0. The Morgan fingerprint density at radius 2 is 1.85 bits per heavy atom. The van der Waals surface area contributed by atoms with E-state index in [4.69, 9.17) is 14.6 Å². The first-order valence-corrected chi connectivity index (χ1v) is 15.2. The summed E-state index contributed by atoms with van der Waals surface area (Å²) in [6, 6.07) is 11.5. The Kier molecular flexibility index (Phi) is 9.70. The van der Waals surface area contributed by atoms with Gasteiger partial charge in [0, 0.05) is 50.1 Å². The number of nitrogens with zero attached hydrogens (tertiary/aromatic N) is 3. The first-order chi connectivity index (χ1) is 22.6. The second-order valence-electron chi connectivity index (χ2n) is 12.3. The third-order valence-corrected chi connectivity index (χ3v) is 9.04. The van der Waals surface area contributed by atoms with Crippen LogP contribution in [0.25, 0.3) is 6.08 Å². The second-order valence-corrected chi connectivity index (χ2v) is 12.3. The molecule has 0 aromatic heterocycles. The smallest absolute Gasteiger partial charge is 0.422 e. The molecule has 0 bridgehead atoms. The van der Waals surface area contributed by atoms with Crippen molar-refractivity contribution in [1.82, 2.24) is 9.80 Å². The number of hydrogen-bond acceptors (Lipinski definition) is 8. The summed E-state index contributed by atoms with van der Waals surface area (Å²) in [6.07, 6.45) is 0.414. The number of nitro groups is 1. The van der Waals surface area contributed by atoms with Crippen molar-refractivity contribution >= 4 is 12.0 Å². The number of halogens is 4. The standard InChI is InChI=1S/C34H35F4N3O7/c1-32-18-24(41(45)46)9-10-26(32)27(20-40(32)19-22-6-4-3-5-7-22)33(44,34(36,37)38)21-39-14-12-25(13-15-39)48-31-28(35)16-23(8-11-30(42)43)17-29(31)47-2/h3-11,16-17,20,25,44H,12-15,18-19,21H2,1-2H3,(H,42,43)/b11-8+. The Hall–Kier alpha value is -4.69. The number of benzene rings is 2. The lowest BCUT2D eigenvalue weighted by molar-refractivity contribution is -0.429. The van der Waals surface area contributed by atoms with Gasteiger partial charge in [0.05, 0.1) is 24.0 Å². The number of carboxylic acids is 1. The molecule has 0 saturated carbocycles. The topological polar surface area (TPSA) is 126 Å². The Balaban J connectivity index is 1.37. The first-order valence-electron chi connectivity index (χ1n) is 15.2. The van der Waals surface area contributed by atoms with Crippen LogP contribution in [-0.2, 0) is 11.3 Å². The van der Waals surface area contributed by atoms with E-state index in [0.717, 1.165) is 17.7 Å². The predicted molar refractivity (Wildman–Crippen MR) is 167 cm³/mol. The summed E-state index contributed by atoms with van der Waals surface area (Å²) < 4.78 is 71.0. The SMILES string of the molecule is COc1cc(/C=C/C(=O)O)cc(F)c1OC1CCN(CC(O)(C2=CN(Cc3ccccc3)C3(C)CC([N+](=O)[O-])=CC=C23)C(F)(F)F)CC1. The van der Waals surface area contributed by atoms with E-state index >= 15 is 0 Å². The van der Waals surface area contributed by atoms with Crippen LogP contribution in [0.15, 0.2) is 83.7 Å². The third-order valence-electron chi connectivity index (χ3n) is 9.04. The van der Waals surface area contributed by atoms with E-state index < -0.39 is 46.7 Å². The molecular formula is C34H35F4N3O7. The summed E-state index contributed by atoms with van der Waals surface area (Å²) >= 11 is 0. The average molecular weight is 674 g/mol. The molecule has 0 radical (unpaired) electrons. The molecule has 2 atom stereocenters. The predicted octanol–water partition coefficient (Wildman–Crippen LogP) is 5.72. The van der Waals surface area contributed by atoms with Gasteiger partial charge in [-0.15, -0.1) is 0 Å². The summed E-state index contributed by atoms with van der Waals surface area (Å²) in [5.41, 5.74) is -3.87. The number of methoxy groups -OCH3 is 1. The van der Waals surface area contributed by atoms with Crippen molar-refractivity contribution in [2.45, 2.75) is 56.2 Å². The zero-order valence-electron chi connectivity index (χ0n) is 26.2. The molecule has 2 aromatic carbocycles. The zero-order valence-corrected chi connectivity index (χ0v) is 26.2. The van der Waals surface area contributed by atoms with E-state index in [-0.39, 0.29) is 72.8 Å². The van der Waals surface area contributed by atoms with Gasteiger partial charge in [-0.1, -0.05) is 30.3 Å². The number of carboxylic acid groups (broad SMARTS) is 1. The van der Waals surface area contributed by atoms with Gasteiger partial charge >= 0.3 is 12.1 Å². The van der Waals surface area contributed by atoms with Crippen LogP contribution in [0.3, 0.4) is 0 Å². The van der Waals surface area contributed by atoms with Crippen molar-refractivity contribution in [3.63, 3.8) is 0 Å². The molecule has 1 fully saturated rings. The van der Waals surface area contributed by atoms with E-state index in [1.165, 1.54) is 42.5 Å². The highest BCUT2D eigenvalue weighted by atomic mass is 19.4. The molecule has 3 aliphatic rings. The molecule has 2 heterocycles. The van der Waals surface area contributed by atoms with E-state index in [1.54, 1.807) is 42.2 Å². The summed E-state index contributed by atoms with van der Waals surface area (Å²) in [7, 11) is 1.30. The number of alkyl halides is 3. The third kappa shape index (κ3) is 6.95. The molecule has 0 spiro atoms. The highest BCUT2D eigenvalue weighted by Gasteiger charge is 2.62. The van der Waals surface area contributed by atoms with Gasteiger partial charge in [0.1, 0.15) is 6.10 Å². The number of hydrogen-bond donors (Lipinski definition) is 2. The van der Waals surface area contributed by atoms with Crippen molar-refractivity contribution in [2.75, 3.05) is 26.7 Å². The van der Waals surface area contributed by atoms with Gasteiger partial charge in [0.25, 0.3) is 0 Å². The van der Waals surface area contributed by atoms with Gasteiger partial charge in [0.2, 0.25) is 5.70 Å². The lowest BCUT2D eigenvalue weighted by Crippen LogP contribution is -2.57. The van der Waals surface area contributed by atoms with E-state index in [2.05, 4.69) is 0 Å². The monoisotopic (exact) mass is 673 g/mol. The van der Waals surface area contributed by atoms with Gasteiger partial charge in [-0.25, -0.2) is 9.18 Å². The molecule has 1 saturated heterocycles. The van der Waals surface area contributed by atoms with Gasteiger partial charge in [-0.05, 0) is 60.8 Å². The summed E-state index contributed by atoms with van der Waals surface area (Å²) in [6.45, 7) is 1.19. The van der Waals surface area contributed by atoms with Gasteiger partial charge < -0.3 is 24.6 Å². The van der Waals surface area contributed by atoms with Gasteiger partial charge in [-0.3, -0.25) is 15.0 Å². The van der Waals surface area contributed by atoms with Crippen LogP contribution in [-0.4, -0.2) is 81.1 Å². The molecule has 48 heavy (non-hydrogen) atoms. The Morgan fingerprint density at radius 1 is 1.17 bits per heavy atom. The van der Waals surface area contributed by atoms with Crippen molar-refractivity contribution in [1.29, 1.82) is 0 Å². The highest BCUT2D eigenvalue weighted by molar-refractivity contribution is 5.85. The Bertz CT molecular complexity index is 1680. The number of allylic oxidation sites excluding steroid dienone is 2. The van der Waals surface area contributed by atoms with Gasteiger partial charge in [-0.2, -0.15) is 13.2 Å². The average Bonchev–Trinajstić information content (AvgIpc) is 3.33. The lowest BCUT2D eigenvalue weighted by Gasteiger charge is -2.42. The number of fused-ring (bicyclic) bond motifs is 1. The molecule has 0 amide bonds. The largest absolute Gasteiger partial charge is 0.493 e. The maximum Gasteiger partial charge on any atom is 0.422 e. The molecule has 5 rings (SSSR count). The van der Waals surface area contributed by atoms with Crippen molar-refractivity contribution < 1.29 is 47.0 Å². The summed E-state index contributed by atoms with van der Waals surface area (Å²) in [4.78, 5) is 25.1. The van der Waals surface area contributed by atoms with Crippen molar-refractivity contribution in [2.24, 2.45) is 0 Å². The molecule has 2 aliphatic heterocycles. The normalized spacial score (nSPS) is 21.6. The maximum absolute atomic E-state index is 15.0. The summed E-state index contributed by atoms with van der Waals surface area (Å²) in [5, 5.41) is 32.2. The number of aliphatic hydroxyl groups is 1. The van der Waals surface area contributed by atoms with Crippen molar-refractivity contribution in [3.05, 3.63) is 111 Å². The number of β-amino-alcohol motifs (C(OH)–C–C–N with tert-alkyl or cyclic N) is 1. The zero-order chi connectivity index (χ0) is 34.9. The Morgan fingerprint density at radius 3 is 2.46 bits per heavy atom. The van der Waals surface area contributed by atoms with Crippen LogP contribution in [0.5, 0.6) is 11.5 Å². The fourth-order valence-corrected chi connectivity index (χ4v) is 6.45. The fraction of sp³-hybridized carbons (Fsp3) is 0.382. The van der Waals surface area contributed by atoms with Crippen LogP contribution in [0.2, 0.25) is 0 Å². The number of likely N-dealkylation sites (tertiary alicyclic amines) is 1. The quantitative estimate of drug-likeness (QED) is 0.133. The molecular weight excluding hydrogens is 638 g/mol. The minimum atomic E-state index is -5.10. The van der Waals surface area contributed by atoms with E-state index in [1.807, 2.05) is 0 Å². The number of rotatable bonds is 11. The molecule has 2 N–H and O–H groups in total. The number of piperidine rings is 1. The Labute approximate surface area is 274 Å². The molecule has 2 aromatic rings. The fourth-order valence-electron chi connectivity index (χ4n) is 6.45. The highest BCUT2D eigenvalue weighted by Crippen LogP contribution is 2.52. The first kappa shape index (κ1) is 34.6. The minimum Gasteiger partial charge on any atom is -0.493 e. The molecule has 1 aliphatic carbocycles. The van der Waals surface area contributed by atoms with E-state index in [9.17, 15) is 37.6 Å². The van der Waals surface area contributed by atoms with Gasteiger partial charge in [0.15, 0.2) is 22.9 Å². The molecule has 14 heteroatoms. The van der Waals surface area contributed by atoms with Crippen molar-refractivity contribution in [3.8, 4) is 11.5 Å². The second kappa shape index (κ2) is 13.4. The molecule has 256 valence electrons. The van der Waals surface area contributed by atoms with Crippen LogP contribution < -0.4 is 9.47 Å². The van der Waals surface area contributed by atoms with Crippen LogP contribution in [0.1, 0.15) is 37.3 Å². The molecule has 2 unspecified atom stereocenters. The number of carbonyl (C=O) groups is 1. The summed E-state index contributed by atoms with van der Waals surface area (Å²) in [5.74, 6) is -2.17. The number of ether oxygens (including phenoxy) is 2. The number of aliphatic carboxylic acids is 1. The van der Waals surface area contributed by atoms with Crippen LogP contribution >= 0.6 is 0 Å². The minimum absolute atomic E-state index is 0.0280. The van der Waals surface area contributed by atoms with Crippen LogP contribution in [0.4, 0.5) is 17.6 Å². The van der Waals surface area contributed by atoms with Crippen LogP contribution in [0, 0.1) is 15.9 Å². The van der Waals surface area contributed by atoms with E-state index in [0.29, 0.717) is 0 Å². The lowest BCUT2D eigenvalue weighted by atomic mass is 9.76. The molecule has 10 nitrogen and oxygen atoms in total.